The van der Waals surface area contributed by atoms with Crippen LogP contribution in [0, 0.1) is 6.92 Å². The van der Waals surface area contributed by atoms with E-state index in [0.717, 1.165) is 40.7 Å². The summed E-state index contributed by atoms with van der Waals surface area (Å²) < 4.78 is 1.09. The van der Waals surface area contributed by atoms with Gasteiger partial charge < -0.3 is 4.90 Å². The molecule has 3 aromatic rings. The van der Waals surface area contributed by atoms with Gasteiger partial charge in [0.25, 0.3) is 5.91 Å². The molecule has 1 atom stereocenters. The molecule has 1 fully saturated rings. The number of amides is 1. The van der Waals surface area contributed by atoms with Gasteiger partial charge in [-0.25, -0.2) is 4.98 Å². The quantitative estimate of drug-likeness (QED) is 0.519. The number of aromatic nitrogens is 1. The summed E-state index contributed by atoms with van der Waals surface area (Å²) in [6.07, 6.45) is 2.10. The number of thiazole rings is 1. The van der Waals surface area contributed by atoms with Gasteiger partial charge in [-0.05, 0) is 43.0 Å². The normalized spacial score (nSPS) is 16.6. The number of benzene rings is 2. The summed E-state index contributed by atoms with van der Waals surface area (Å²) in [6, 6.07) is 18.6. The fourth-order valence-corrected chi connectivity index (χ4v) is 5.29. The van der Waals surface area contributed by atoms with E-state index >= 15 is 0 Å². The van der Waals surface area contributed by atoms with Gasteiger partial charge in [0.2, 0.25) is 0 Å². The van der Waals surface area contributed by atoms with E-state index < -0.39 is 0 Å². The molecule has 1 aromatic heterocycles. The summed E-state index contributed by atoms with van der Waals surface area (Å²) in [5, 5.41) is 2.07. The molecule has 27 heavy (non-hydrogen) atoms. The molecule has 0 bridgehead atoms. The Kier molecular flexibility index (Phi) is 5.60. The van der Waals surface area contributed by atoms with Crippen molar-refractivity contribution in [3.63, 3.8) is 0 Å². The molecule has 1 amide bonds. The number of thioether (sulfide) groups is 1. The lowest BCUT2D eigenvalue weighted by Crippen LogP contribution is -2.30. The molecule has 2 heterocycles. The number of rotatable bonds is 5. The van der Waals surface area contributed by atoms with Gasteiger partial charge in [-0.1, -0.05) is 54.2 Å². The number of carbonyl (C=O) groups excluding carboxylic acids is 1. The van der Waals surface area contributed by atoms with Gasteiger partial charge in [0.15, 0.2) is 0 Å². The first-order valence-electron chi connectivity index (χ1n) is 9.20. The van der Waals surface area contributed by atoms with Crippen LogP contribution >= 0.6 is 23.1 Å². The number of nitrogens with zero attached hydrogens (tertiary/aromatic N) is 2. The molecule has 0 spiro atoms. The van der Waals surface area contributed by atoms with Crippen LogP contribution in [-0.4, -0.2) is 22.3 Å². The van der Waals surface area contributed by atoms with Crippen LogP contribution in [0.2, 0.25) is 0 Å². The van der Waals surface area contributed by atoms with Crippen LogP contribution in [0.5, 0.6) is 0 Å². The topological polar surface area (TPSA) is 33.2 Å². The monoisotopic (exact) mass is 394 g/mol. The standard InChI is InChI=1S/C22H22N2OS2/c1-16-14-26-22(23-16)27-15-17-9-11-19(12-10-17)21(25)24-13-5-8-20(24)18-6-3-2-4-7-18/h2-4,6-7,9-12,14,20H,5,8,13,15H2,1H3. The van der Waals surface area contributed by atoms with Gasteiger partial charge >= 0.3 is 0 Å². The second-order valence-corrected chi connectivity index (χ2v) is 8.89. The molecule has 0 radical (unpaired) electrons. The maximum Gasteiger partial charge on any atom is 0.254 e. The van der Waals surface area contributed by atoms with E-state index in [4.69, 9.17) is 0 Å². The average Bonchev–Trinajstić information content (AvgIpc) is 3.36. The predicted molar refractivity (Wildman–Crippen MR) is 112 cm³/mol. The Bertz CT molecular complexity index is 906. The van der Waals surface area contributed by atoms with Crippen molar-refractivity contribution in [1.29, 1.82) is 0 Å². The molecule has 1 unspecified atom stereocenters. The van der Waals surface area contributed by atoms with Gasteiger partial charge in [0.05, 0.1) is 6.04 Å². The number of hydrogen-bond acceptors (Lipinski definition) is 4. The van der Waals surface area contributed by atoms with Crippen LogP contribution in [0.3, 0.4) is 0 Å². The lowest BCUT2D eigenvalue weighted by molar-refractivity contribution is 0.0735. The van der Waals surface area contributed by atoms with Crippen molar-refractivity contribution in [2.24, 2.45) is 0 Å². The minimum absolute atomic E-state index is 0.135. The zero-order valence-electron chi connectivity index (χ0n) is 15.3. The SMILES string of the molecule is Cc1csc(SCc2ccc(C(=O)N3CCCC3c3ccccc3)cc2)n1. The molecular formula is C22H22N2OS2. The van der Waals surface area contributed by atoms with Crippen molar-refractivity contribution in [2.45, 2.75) is 35.9 Å². The van der Waals surface area contributed by atoms with Crippen LogP contribution < -0.4 is 0 Å². The number of aryl methyl sites for hydroxylation is 1. The Hall–Kier alpha value is -2.11. The van der Waals surface area contributed by atoms with Crippen LogP contribution in [0.4, 0.5) is 0 Å². The molecular weight excluding hydrogens is 372 g/mol. The van der Waals surface area contributed by atoms with Crippen molar-refractivity contribution in [1.82, 2.24) is 9.88 Å². The maximum absolute atomic E-state index is 13.0. The Morgan fingerprint density at radius 1 is 1.19 bits per heavy atom. The van der Waals surface area contributed by atoms with Crippen molar-refractivity contribution in [3.05, 3.63) is 82.4 Å². The van der Waals surface area contributed by atoms with E-state index in [1.54, 1.807) is 23.1 Å². The summed E-state index contributed by atoms with van der Waals surface area (Å²) >= 11 is 3.43. The highest BCUT2D eigenvalue weighted by atomic mass is 32.2. The molecule has 1 saturated heterocycles. The minimum Gasteiger partial charge on any atom is -0.332 e. The van der Waals surface area contributed by atoms with E-state index in [-0.39, 0.29) is 11.9 Å². The smallest absolute Gasteiger partial charge is 0.254 e. The molecule has 5 heteroatoms. The van der Waals surface area contributed by atoms with E-state index in [2.05, 4.69) is 34.6 Å². The highest BCUT2D eigenvalue weighted by Gasteiger charge is 2.30. The van der Waals surface area contributed by atoms with Crippen LogP contribution in [0.1, 0.15) is 46.1 Å². The first-order chi connectivity index (χ1) is 13.2. The van der Waals surface area contributed by atoms with Crippen molar-refractivity contribution >= 4 is 29.0 Å². The van der Waals surface area contributed by atoms with Crippen molar-refractivity contribution in [3.8, 4) is 0 Å². The summed E-state index contributed by atoms with van der Waals surface area (Å²) in [5.74, 6) is 1.01. The Balaban J connectivity index is 1.42. The molecule has 1 aliphatic heterocycles. The zero-order chi connectivity index (χ0) is 18.6. The molecule has 4 rings (SSSR count). The Morgan fingerprint density at radius 3 is 2.67 bits per heavy atom. The third kappa shape index (κ3) is 4.25. The summed E-state index contributed by atoms with van der Waals surface area (Å²) in [6.45, 7) is 2.85. The third-order valence-corrected chi connectivity index (χ3v) is 7.07. The Morgan fingerprint density at radius 2 is 1.96 bits per heavy atom. The van der Waals surface area contributed by atoms with Crippen LogP contribution in [0.25, 0.3) is 0 Å². The van der Waals surface area contributed by atoms with E-state index in [1.807, 2.05) is 42.2 Å². The van der Waals surface area contributed by atoms with E-state index in [0.29, 0.717) is 0 Å². The molecule has 0 saturated carbocycles. The van der Waals surface area contributed by atoms with Gasteiger partial charge in [-0.2, -0.15) is 0 Å². The van der Waals surface area contributed by atoms with Crippen LogP contribution in [0.15, 0.2) is 64.3 Å². The largest absolute Gasteiger partial charge is 0.332 e. The van der Waals surface area contributed by atoms with Gasteiger partial charge in [0, 0.05) is 28.9 Å². The lowest BCUT2D eigenvalue weighted by atomic mass is 10.0. The summed E-state index contributed by atoms with van der Waals surface area (Å²) in [7, 11) is 0. The summed E-state index contributed by atoms with van der Waals surface area (Å²) in [4.78, 5) is 19.5. The molecule has 3 nitrogen and oxygen atoms in total. The van der Waals surface area contributed by atoms with Crippen molar-refractivity contribution < 1.29 is 4.79 Å². The minimum atomic E-state index is 0.135. The first kappa shape index (κ1) is 18.3. The number of hydrogen-bond donors (Lipinski definition) is 0. The second-order valence-electron chi connectivity index (χ2n) is 6.81. The highest BCUT2D eigenvalue weighted by Crippen LogP contribution is 2.33. The molecule has 0 aliphatic carbocycles. The fourth-order valence-electron chi connectivity index (χ4n) is 3.48. The Labute approximate surface area is 168 Å². The van der Waals surface area contributed by atoms with Gasteiger partial charge in [0.1, 0.15) is 4.34 Å². The third-order valence-electron chi connectivity index (χ3n) is 4.86. The van der Waals surface area contributed by atoms with Gasteiger partial charge in [-0.15, -0.1) is 11.3 Å². The highest BCUT2D eigenvalue weighted by molar-refractivity contribution is 8.00. The number of carbonyl (C=O) groups is 1. The number of likely N-dealkylation sites (tertiary alicyclic amines) is 1. The zero-order valence-corrected chi connectivity index (χ0v) is 16.9. The second kappa shape index (κ2) is 8.28. The molecule has 0 N–H and O–H groups in total. The van der Waals surface area contributed by atoms with Gasteiger partial charge in [-0.3, -0.25) is 4.79 Å². The van der Waals surface area contributed by atoms with E-state index in [1.165, 1.54) is 11.1 Å². The molecule has 1 aliphatic rings. The lowest BCUT2D eigenvalue weighted by Gasteiger charge is -2.25. The molecule has 2 aromatic carbocycles. The van der Waals surface area contributed by atoms with Crippen molar-refractivity contribution in [2.75, 3.05) is 6.54 Å². The van der Waals surface area contributed by atoms with Crippen LogP contribution in [-0.2, 0) is 5.75 Å². The first-order valence-corrected chi connectivity index (χ1v) is 11.1. The van der Waals surface area contributed by atoms with E-state index in [9.17, 15) is 4.79 Å². The molecule has 138 valence electrons. The average molecular weight is 395 g/mol. The summed E-state index contributed by atoms with van der Waals surface area (Å²) in [5.41, 5.74) is 4.29. The predicted octanol–water partition coefficient (Wildman–Crippen LogP) is 5.72. The maximum atomic E-state index is 13.0. The fraction of sp³-hybridized carbons (Fsp3) is 0.273.